The molecule has 3 aromatic rings. The molecule has 160 valence electrons. The molecule has 2 amide bonds. The van der Waals surface area contributed by atoms with Gasteiger partial charge in [-0.2, -0.15) is 0 Å². The Bertz CT molecular complexity index is 991. The predicted molar refractivity (Wildman–Crippen MR) is 123 cm³/mol. The molecule has 3 rings (SSSR count). The quantitative estimate of drug-likeness (QED) is 0.452. The summed E-state index contributed by atoms with van der Waals surface area (Å²) < 4.78 is 5.56. The Balaban J connectivity index is 1.30. The predicted octanol–water partition coefficient (Wildman–Crippen LogP) is 4.71. The number of amides is 2. The molecule has 0 atom stereocenters. The van der Waals surface area contributed by atoms with Crippen LogP contribution in [0.25, 0.3) is 11.1 Å². The van der Waals surface area contributed by atoms with Crippen molar-refractivity contribution in [2.45, 2.75) is 12.8 Å². The normalized spacial score (nSPS) is 10.4. The lowest BCUT2D eigenvalue weighted by Crippen LogP contribution is -2.34. The van der Waals surface area contributed by atoms with Gasteiger partial charge in [0.2, 0.25) is 5.91 Å². The van der Waals surface area contributed by atoms with Crippen LogP contribution in [0.3, 0.4) is 0 Å². The summed E-state index contributed by atoms with van der Waals surface area (Å²) in [5.41, 5.74) is 2.75. The van der Waals surface area contributed by atoms with Crippen LogP contribution in [0.1, 0.15) is 23.2 Å². The van der Waals surface area contributed by atoms with Crippen molar-refractivity contribution in [3.8, 4) is 16.9 Å². The first-order chi connectivity index (χ1) is 15.1. The number of hydrogen-bond acceptors (Lipinski definition) is 3. The van der Waals surface area contributed by atoms with E-state index in [-0.39, 0.29) is 11.8 Å². The van der Waals surface area contributed by atoms with Crippen LogP contribution in [0.5, 0.6) is 5.75 Å². The molecule has 0 aliphatic carbocycles. The Morgan fingerprint density at radius 1 is 0.774 bits per heavy atom. The highest BCUT2D eigenvalue weighted by Crippen LogP contribution is 2.23. The topological polar surface area (TPSA) is 67.4 Å². The van der Waals surface area contributed by atoms with Crippen LogP contribution >= 0.6 is 11.6 Å². The van der Waals surface area contributed by atoms with E-state index in [0.29, 0.717) is 48.9 Å². The van der Waals surface area contributed by atoms with Crippen LogP contribution in [0, 0.1) is 0 Å². The Morgan fingerprint density at radius 3 is 2.16 bits per heavy atom. The molecule has 0 spiro atoms. The minimum Gasteiger partial charge on any atom is -0.492 e. The van der Waals surface area contributed by atoms with E-state index in [0.717, 1.165) is 11.1 Å². The smallest absolute Gasteiger partial charge is 0.251 e. The van der Waals surface area contributed by atoms with Crippen molar-refractivity contribution in [2.24, 2.45) is 0 Å². The fourth-order valence-corrected chi connectivity index (χ4v) is 3.18. The van der Waals surface area contributed by atoms with Gasteiger partial charge >= 0.3 is 0 Å². The van der Waals surface area contributed by atoms with Gasteiger partial charge in [0.05, 0.1) is 11.6 Å². The minimum atomic E-state index is -0.165. The molecule has 6 heteroatoms. The van der Waals surface area contributed by atoms with Crippen LogP contribution in [0.4, 0.5) is 0 Å². The van der Waals surface area contributed by atoms with Crippen molar-refractivity contribution in [3.05, 3.63) is 89.4 Å². The third-order valence-corrected chi connectivity index (χ3v) is 4.94. The number of nitrogens with one attached hydrogen (secondary N) is 2. The van der Waals surface area contributed by atoms with E-state index in [4.69, 9.17) is 16.3 Å². The Morgan fingerprint density at radius 2 is 1.42 bits per heavy atom. The molecule has 31 heavy (non-hydrogen) atoms. The van der Waals surface area contributed by atoms with E-state index in [1.54, 1.807) is 24.3 Å². The number of rotatable bonds is 10. The summed E-state index contributed by atoms with van der Waals surface area (Å²) >= 11 is 6.02. The van der Waals surface area contributed by atoms with Crippen molar-refractivity contribution in [1.82, 2.24) is 10.6 Å². The molecule has 0 radical (unpaired) electrons. The standard InChI is InChI=1S/C25H25ClN2O3/c26-22-9-4-5-10-23(22)31-18-6-11-24(29)27-16-17-28-25(30)21-14-12-20(13-15-21)19-7-2-1-3-8-19/h1-5,7-10,12-15H,6,11,16-18H2,(H,27,29)(H,28,30). The van der Waals surface area contributed by atoms with Crippen molar-refractivity contribution >= 4 is 23.4 Å². The molecule has 3 aromatic carbocycles. The van der Waals surface area contributed by atoms with E-state index < -0.39 is 0 Å². The molecule has 0 heterocycles. The van der Waals surface area contributed by atoms with Crippen LogP contribution in [-0.4, -0.2) is 31.5 Å². The number of hydrogen-bond donors (Lipinski definition) is 2. The second kappa shape index (κ2) is 11.8. The van der Waals surface area contributed by atoms with E-state index in [2.05, 4.69) is 10.6 Å². The molecular weight excluding hydrogens is 412 g/mol. The number of carbonyl (C=O) groups excluding carboxylic acids is 2. The van der Waals surface area contributed by atoms with Gasteiger partial charge < -0.3 is 15.4 Å². The average molecular weight is 437 g/mol. The van der Waals surface area contributed by atoms with E-state index >= 15 is 0 Å². The molecule has 2 N–H and O–H groups in total. The summed E-state index contributed by atoms with van der Waals surface area (Å²) in [5.74, 6) is 0.371. The highest BCUT2D eigenvalue weighted by molar-refractivity contribution is 6.32. The Kier molecular flexibility index (Phi) is 8.49. The summed E-state index contributed by atoms with van der Waals surface area (Å²) in [7, 11) is 0. The number of carbonyl (C=O) groups is 2. The van der Waals surface area contributed by atoms with E-state index in [1.807, 2.05) is 54.6 Å². The fraction of sp³-hybridized carbons (Fsp3) is 0.200. The molecule has 0 unspecified atom stereocenters. The third-order valence-electron chi connectivity index (χ3n) is 4.63. The highest BCUT2D eigenvalue weighted by atomic mass is 35.5. The molecule has 0 aromatic heterocycles. The summed E-state index contributed by atoms with van der Waals surface area (Å²) in [4.78, 5) is 24.2. The Hall–Kier alpha value is -3.31. The van der Waals surface area contributed by atoms with Crippen LogP contribution in [0.15, 0.2) is 78.9 Å². The highest BCUT2D eigenvalue weighted by Gasteiger charge is 2.07. The summed E-state index contributed by atoms with van der Waals surface area (Å²) in [6.07, 6.45) is 0.927. The zero-order valence-corrected chi connectivity index (χ0v) is 17.9. The fourth-order valence-electron chi connectivity index (χ4n) is 2.99. The number of para-hydroxylation sites is 1. The van der Waals surface area contributed by atoms with E-state index in [9.17, 15) is 9.59 Å². The first kappa shape index (κ1) is 22.4. The van der Waals surface area contributed by atoms with Gasteiger partial charge in [0, 0.05) is 25.1 Å². The van der Waals surface area contributed by atoms with Gasteiger partial charge in [0.15, 0.2) is 0 Å². The maximum absolute atomic E-state index is 12.3. The average Bonchev–Trinajstić information content (AvgIpc) is 2.81. The van der Waals surface area contributed by atoms with Crippen molar-refractivity contribution in [1.29, 1.82) is 0 Å². The first-order valence-electron chi connectivity index (χ1n) is 10.2. The first-order valence-corrected chi connectivity index (χ1v) is 10.6. The second-order valence-corrected chi connectivity index (χ2v) is 7.34. The molecule has 0 fully saturated rings. The van der Waals surface area contributed by atoms with Crippen molar-refractivity contribution in [3.63, 3.8) is 0 Å². The monoisotopic (exact) mass is 436 g/mol. The number of halogens is 1. The van der Waals surface area contributed by atoms with Gasteiger partial charge in [-0.3, -0.25) is 9.59 Å². The zero-order chi connectivity index (χ0) is 21.9. The number of benzene rings is 3. The molecular formula is C25H25ClN2O3. The van der Waals surface area contributed by atoms with E-state index in [1.165, 1.54) is 0 Å². The lowest BCUT2D eigenvalue weighted by atomic mass is 10.0. The van der Waals surface area contributed by atoms with Gasteiger partial charge in [-0.15, -0.1) is 0 Å². The van der Waals surface area contributed by atoms with Gasteiger partial charge in [0.1, 0.15) is 5.75 Å². The van der Waals surface area contributed by atoms with Gasteiger partial charge in [0.25, 0.3) is 5.91 Å². The largest absolute Gasteiger partial charge is 0.492 e. The summed E-state index contributed by atoms with van der Waals surface area (Å²) in [6, 6.07) is 24.7. The lowest BCUT2D eigenvalue weighted by Gasteiger charge is -2.09. The van der Waals surface area contributed by atoms with Gasteiger partial charge in [-0.25, -0.2) is 0 Å². The van der Waals surface area contributed by atoms with Crippen LogP contribution in [-0.2, 0) is 4.79 Å². The van der Waals surface area contributed by atoms with Crippen LogP contribution in [0.2, 0.25) is 5.02 Å². The summed E-state index contributed by atoms with van der Waals surface area (Å²) in [5, 5.41) is 6.16. The molecule has 0 saturated heterocycles. The molecule has 0 aliphatic heterocycles. The molecule has 0 bridgehead atoms. The van der Waals surface area contributed by atoms with Crippen molar-refractivity contribution < 1.29 is 14.3 Å². The SMILES string of the molecule is O=C(CCCOc1ccccc1Cl)NCCNC(=O)c1ccc(-c2ccccc2)cc1. The zero-order valence-electron chi connectivity index (χ0n) is 17.1. The van der Waals surface area contributed by atoms with Crippen molar-refractivity contribution in [2.75, 3.05) is 19.7 Å². The van der Waals surface area contributed by atoms with Crippen LogP contribution < -0.4 is 15.4 Å². The molecule has 5 nitrogen and oxygen atoms in total. The lowest BCUT2D eigenvalue weighted by molar-refractivity contribution is -0.121. The molecule has 0 saturated carbocycles. The van der Waals surface area contributed by atoms with Gasteiger partial charge in [-0.05, 0) is 41.8 Å². The van der Waals surface area contributed by atoms with Gasteiger partial charge in [-0.1, -0.05) is 66.2 Å². The summed E-state index contributed by atoms with van der Waals surface area (Å²) in [6.45, 7) is 1.14. The second-order valence-electron chi connectivity index (χ2n) is 6.93. The Labute approximate surface area is 187 Å². The number of ether oxygens (including phenoxy) is 1. The minimum absolute atomic E-state index is 0.0794. The third kappa shape index (κ3) is 7.15. The molecule has 0 aliphatic rings. The maximum atomic E-state index is 12.3. The maximum Gasteiger partial charge on any atom is 0.251 e.